The number of hydrogen-bond donors (Lipinski definition) is 0. The first-order valence-corrected chi connectivity index (χ1v) is 9.30. The molecular formula is C13H14Cl2N2O3S. The summed E-state index contributed by atoms with van der Waals surface area (Å²) < 4.78 is 23.3. The number of sulfone groups is 1. The van der Waals surface area contributed by atoms with Crippen molar-refractivity contribution >= 4 is 38.9 Å². The van der Waals surface area contributed by atoms with E-state index in [1.807, 2.05) is 0 Å². The van der Waals surface area contributed by atoms with Gasteiger partial charge in [0, 0.05) is 12.1 Å². The van der Waals surface area contributed by atoms with Crippen molar-refractivity contribution in [1.29, 1.82) is 0 Å². The zero-order valence-corrected chi connectivity index (χ0v) is 13.5. The molecule has 0 bridgehead atoms. The van der Waals surface area contributed by atoms with Crippen LogP contribution in [0.1, 0.15) is 29.8 Å². The van der Waals surface area contributed by atoms with E-state index in [4.69, 9.17) is 23.2 Å². The molecule has 21 heavy (non-hydrogen) atoms. The Balaban J connectivity index is 1.91. The summed E-state index contributed by atoms with van der Waals surface area (Å²) in [7, 11) is -3.05. The smallest absolute Gasteiger partial charge is 0.274 e. The molecule has 1 aliphatic carbocycles. The molecule has 1 aliphatic heterocycles. The normalized spacial score (nSPS) is 24.0. The van der Waals surface area contributed by atoms with E-state index in [-0.39, 0.29) is 45.4 Å². The van der Waals surface area contributed by atoms with E-state index < -0.39 is 9.84 Å². The highest BCUT2D eigenvalue weighted by Crippen LogP contribution is 2.34. The molecule has 0 aromatic carbocycles. The summed E-state index contributed by atoms with van der Waals surface area (Å²) in [5.74, 6) is -0.176. The third-order valence-electron chi connectivity index (χ3n) is 3.79. The van der Waals surface area contributed by atoms with Gasteiger partial charge in [0.05, 0.1) is 16.5 Å². The summed E-state index contributed by atoms with van der Waals surface area (Å²) >= 11 is 11.9. The summed E-state index contributed by atoms with van der Waals surface area (Å²) in [6.07, 6.45) is 2.25. The summed E-state index contributed by atoms with van der Waals surface area (Å²) in [5.41, 5.74) is 0.0976. The third kappa shape index (κ3) is 3.17. The van der Waals surface area contributed by atoms with Crippen LogP contribution >= 0.6 is 23.2 Å². The fourth-order valence-corrected chi connectivity index (χ4v) is 4.71. The molecule has 1 amide bonds. The summed E-state index contributed by atoms with van der Waals surface area (Å²) in [6, 6.07) is 2.85. The molecule has 1 aromatic rings. The van der Waals surface area contributed by atoms with Crippen LogP contribution in [0.15, 0.2) is 12.1 Å². The van der Waals surface area contributed by atoms with Crippen LogP contribution in [0.5, 0.6) is 0 Å². The standard InChI is InChI=1S/C13H14Cl2N2O3S/c14-10-3-4-11(15)16-12(10)13(18)17(8-1-2-8)9-5-6-21(19,20)7-9/h3-4,8-9H,1-2,5-7H2. The van der Waals surface area contributed by atoms with Crippen LogP contribution in [0.25, 0.3) is 0 Å². The van der Waals surface area contributed by atoms with Gasteiger partial charge < -0.3 is 4.90 Å². The molecule has 0 radical (unpaired) electrons. The lowest BCUT2D eigenvalue weighted by Crippen LogP contribution is -2.43. The Bertz CT molecular complexity index is 689. The van der Waals surface area contributed by atoms with Crippen LogP contribution in [-0.2, 0) is 9.84 Å². The van der Waals surface area contributed by atoms with Crippen LogP contribution in [0.2, 0.25) is 10.2 Å². The number of carbonyl (C=O) groups excluding carboxylic acids is 1. The molecule has 114 valence electrons. The van der Waals surface area contributed by atoms with E-state index in [1.54, 1.807) is 4.90 Å². The van der Waals surface area contributed by atoms with Crippen LogP contribution < -0.4 is 0 Å². The van der Waals surface area contributed by atoms with E-state index in [1.165, 1.54) is 12.1 Å². The first-order valence-electron chi connectivity index (χ1n) is 6.72. The minimum absolute atomic E-state index is 0.0213. The Morgan fingerprint density at radius 3 is 2.48 bits per heavy atom. The second-order valence-electron chi connectivity index (χ2n) is 5.46. The topological polar surface area (TPSA) is 67.3 Å². The van der Waals surface area contributed by atoms with Crippen molar-refractivity contribution in [3.05, 3.63) is 28.0 Å². The lowest BCUT2D eigenvalue weighted by atomic mass is 10.2. The summed E-state index contributed by atoms with van der Waals surface area (Å²) in [6.45, 7) is 0. The van der Waals surface area contributed by atoms with E-state index >= 15 is 0 Å². The third-order valence-corrected chi connectivity index (χ3v) is 6.06. The molecule has 1 saturated heterocycles. The zero-order valence-electron chi connectivity index (χ0n) is 11.1. The predicted molar refractivity (Wildman–Crippen MR) is 80.5 cm³/mol. The first-order chi connectivity index (χ1) is 9.87. The van der Waals surface area contributed by atoms with Crippen LogP contribution in [0, 0.1) is 0 Å². The number of rotatable bonds is 3. The maximum atomic E-state index is 12.7. The SMILES string of the molecule is O=C(c1nc(Cl)ccc1Cl)N(C1CC1)C1CCS(=O)(=O)C1. The van der Waals surface area contributed by atoms with Crippen molar-refractivity contribution < 1.29 is 13.2 Å². The van der Waals surface area contributed by atoms with Gasteiger partial charge in [-0.15, -0.1) is 0 Å². The average Bonchev–Trinajstić information content (AvgIpc) is 3.17. The van der Waals surface area contributed by atoms with Crippen molar-refractivity contribution in [2.75, 3.05) is 11.5 Å². The van der Waals surface area contributed by atoms with Gasteiger partial charge >= 0.3 is 0 Å². The highest BCUT2D eigenvalue weighted by Gasteiger charge is 2.43. The fraction of sp³-hybridized carbons (Fsp3) is 0.538. The molecule has 3 rings (SSSR count). The molecular weight excluding hydrogens is 335 g/mol. The molecule has 2 aliphatic rings. The minimum atomic E-state index is -3.05. The van der Waals surface area contributed by atoms with E-state index in [0.717, 1.165) is 12.8 Å². The maximum Gasteiger partial charge on any atom is 0.274 e. The Kier molecular flexibility index (Phi) is 3.88. The number of carbonyl (C=O) groups is 1. The lowest BCUT2D eigenvalue weighted by molar-refractivity contribution is 0.0675. The van der Waals surface area contributed by atoms with Crippen LogP contribution in [0.4, 0.5) is 0 Å². The zero-order chi connectivity index (χ0) is 15.2. The molecule has 8 heteroatoms. The van der Waals surface area contributed by atoms with Crippen molar-refractivity contribution in [2.24, 2.45) is 0 Å². The largest absolute Gasteiger partial charge is 0.330 e. The molecule has 2 fully saturated rings. The number of amides is 1. The predicted octanol–water partition coefficient (Wildman–Crippen LogP) is 2.18. The Morgan fingerprint density at radius 2 is 1.90 bits per heavy atom. The molecule has 1 aromatic heterocycles. The van der Waals surface area contributed by atoms with Crippen molar-refractivity contribution in [3.63, 3.8) is 0 Å². The average molecular weight is 349 g/mol. The van der Waals surface area contributed by atoms with Gasteiger partial charge in [0.2, 0.25) is 0 Å². The van der Waals surface area contributed by atoms with Crippen molar-refractivity contribution in [1.82, 2.24) is 9.88 Å². The van der Waals surface area contributed by atoms with Gasteiger partial charge in [-0.3, -0.25) is 4.79 Å². The number of pyridine rings is 1. The summed E-state index contributed by atoms with van der Waals surface area (Å²) in [5, 5.41) is 0.424. The van der Waals surface area contributed by atoms with Crippen LogP contribution in [-0.4, -0.2) is 47.8 Å². The van der Waals surface area contributed by atoms with Gasteiger partial charge in [-0.25, -0.2) is 13.4 Å². The van der Waals surface area contributed by atoms with Gasteiger partial charge in [0.25, 0.3) is 5.91 Å². The number of halogens is 2. The first kappa shape index (κ1) is 15.1. The van der Waals surface area contributed by atoms with Crippen LogP contribution in [0.3, 0.4) is 0 Å². The summed E-state index contributed by atoms with van der Waals surface area (Å²) in [4.78, 5) is 18.4. The maximum absolute atomic E-state index is 12.7. The van der Waals surface area contributed by atoms with E-state index in [2.05, 4.69) is 4.98 Å². The lowest BCUT2D eigenvalue weighted by Gasteiger charge is -2.28. The fourth-order valence-electron chi connectivity index (χ4n) is 2.67. The minimum Gasteiger partial charge on any atom is -0.330 e. The Morgan fingerprint density at radius 1 is 1.19 bits per heavy atom. The highest BCUT2D eigenvalue weighted by atomic mass is 35.5. The molecule has 5 nitrogen and oxygen atoms in total. The van der Waals surface area contributed by atoms with Gasteiger partial charge in [0.1, 0.15) is 10.8 Å². The molecule has 1 saturated carbocycles. The van der Waals surface area contributed by atoms with Gasteiger partial charge in [-0.05, 0) is 31.4 Å². The van der Waals surface area contributed by atoms with E-state index in [9.17, 15) is 13.2 Å². The molecule has 1 atom stereocenters. The second kappa shape index (κ2) is 5.41. The molecule has 0 spiro atoms. The Labute approximate surface area is 133 Å². The Hall–Kier alpha value is -0.850. The highest BCUT2D eigenvalue weighted by molar-refractivity contribution is 7.91. The van der Waals surface area contributed by atoms with Crippen molar-refractivity contribution in [3.8, 4) is 0 Å². The molecule has 1 unspecified atom stereocenters. The number of aromatic nitrogens is 1. The molecule has 0 N–H and O–H groups in total. The van der Waals surface area contributed by atoms with E-state index in [0.29, 0.717) is 6.42 Å². The number of nitrogens with zero attached hydrogens (tertiary/aromatic N) is 2. The monoisotopic (exact) mass is 348 g/mol. The number of hydrogen-bond acceptors (Lipinski definition) is 4. The second-order valence-corrected chi connectivity index (χ2v) is 8.49. The van der Waals surface area contributed by atoms with Gasteiger partial charge in [-0.1, -0.05) is 23.2 Å². The molecule has 2 heterocycles. The quantitative estimate of drug-likeness (QED) is 0.785. The van der Waals surface area contributed by atoms with Gasteiger partial charge in [0.15, 0.2) is 9.84 Å². The van der Waals surface area contributed by atoms with Crippen molar-refractivity contribution in [2.45, 2.75) is 31.3 Å². The van der Waals surface area contributed by atoms with Gasteiger partial charge in [-0.2, -0.15) is 0 Å².